The molecule has 0 saturated carbocycles. The fourth-order valence-electron chi connectivity index (χ4n) is 2.73. The molecule has 4 aromatic rings. The maximum absolute atomic E-state index is 11.4. The summed E-state index contributed by atoms with van der Waals surface area (Å²) in [7, 11) is 0. The highest BCUT2D eigenvalue weighted by Gasteiger charge is 2.06. The molecule has 0 atom stereocenters. The Bertz CT molecular complexity index is 1020. The van der Waals surface area contributed by atoms with Crippen molar-refractivity contribution in [2.24, 2.45) is 0 Å². The van der Waals surface area contributed by atoms with Crippen LogP contribution in [0.25, 0.3) is 32.8 Å². The van der Waals surface area contributed by atoms with E-state index in [1.165, 1.54) is 17.0 Å². The molecule has 100 valence electrons. The number of H-pyrrole nitrogens is 1. The molecule has 0 spiro atoms. The van der Waals surface area contributed by atoms with Gasteiger partial charge in [-0.2, -0.15) is 0 Å². The molecule has 1 aromatic heterocycles. The lowest BCUT2D eigenvalue weighted by Gasteiger charge is -2.08. The van der Waals surface area contributed by atoms with Crippen molar-refractivity contribution in [1.29, 1.82) is 0 Å². The van der Waals surface area contributed by atoms with Gasteiger partial charge in [0.25, 0.3) is 0 Å². The average Bonchev–Trinajstić information content (AvgIpc) is 2.52. The van der Waals surface area contributed by atoms with Crippen LogP contribution < -0.4 is 5.69 Å². The minimum Gasteiger partial charge on any atom is -0.305 e. The fraction of sp³-hybridized carbons (Fsp3) is 0. The Hall–Kier alpha value is -2.94. The summed E-state index contributed by atoms with van der Waals surface area (Å²) in [4.78, 5) is 17.9. The number of benzene rings is 3. The van der Waals surface area contributed by atoms with Crippen molar-refractivity contribution in [3.05, 3.63) is 77.3 Å². The van der Waals surface area contributed by atoms with Crippen LogP contribution in [-0.2, 0) is 0 Å². The second-order valence-corrected chi connectivity index (χ2v) is 5.01. The zero-order chi connectivity index (χ0) is 14.2. The predicted octanol–water partition coefficient (Wildman–Crippen LogP) is 3.74. The number of rotatable bonds is 1. The van der Waals surface area contributed by atoms with Gasteiger partial charge in [0.2, 0.25) is 0 Å². The summed E-state index contributed by atoms with van der Waals surface area (Å²) in [5.41, 5.74) is 1.47. The Kier molecular flexibility index (Phi) is 2.57. The minimum absolute atomic E-state index is 0.328. The molecular weight excluding hydrogens is 260 g/mol. The highest BCUT2D eigenvalue weighted by Crippen LogP contribution is 2.30. The first-order valence-corrected chi connectivity index (χ1v) is 6.78. The van der Waals surface area contributed by atoms with E-state index in [2.05, 4.69) is 40.3 Å². The number of nitrogens with one attached hydrogen (secondary N) is 1. The second-order valence-electron chi connectivity index (χ2n) is 5.01. The van der Waals surface area contributed by atoms with Crippen LogP contribution >= 0.6 is 0 Å². The molecule has 4 rings (SSSR count). The summed E-state index contributed by atoms with van der Waals surface area (Å²) in [6.07, 6.45) is 1.54. The van der Waals surface area contributed by atoms with Crippen LogP contribution in [0.5, 0.6) is 0 Å². The summed E-state index contributed by atoms with van der Waals surface area (Å²) in [6.45, 7) is 0. The van der Waals surface area contributed by atoms with Gasteiger partial charge in [-0.15, -0.1) is 0 Å². The number of hydrogen-bond acceptors (Lipinski definition) is 2. The normalized spacial score (nSPS) is 11.0. The molecule has 21 heavy (non-hydrogen) atoms. The first-order chi connectivity index (χ1) is 10.3. The van der Waals surface area contributed by atoms with Crippen LogP contribution in [0.4, 0.5) is 0 Å². The van der Waals surface area contributed by atoms with Crippen molar-refractivity contribution >= 4 is 21.5 Å². The van der Waals surface area contributed by atoms with Gasteiger partial charge in [-0.1, -0.05) is 42.5 Å². The Balaban J connectivity index is 2.09. The number of fused-ring (bicyclic) bond motifs is 2. The van der Waals surface area contributed by atoms with Crippen LogP contribution in [0.15, 0.2) is 71.7 Å². The summed E-state index contributed by atoms with van der Waals surface area (Å²) >= 11 is 0. The molecule has 3 aromatic carbocycles. The van der Waals surface area contributed by atoms with E-state index in [9.17, 15) is 4.79 Å². The van der Waals surface area contributed by atoms with Gasteiger partial charge in [0, 0.05) is 11.8 Å². The van der Waals surface area contributed by atoms with Crippen LogP contribution in [0.3, 0.4) is 0 Å². The largest absolute Gasteiger partial charge is 0.345 e. The Morgan fingerprint density at radius 3 is 2.38 bits per heavy atom. The third-order valence-electron chi connectivity index (χ3n) is 3.71. The molecule has 0 amide bonds. The zero-order valence-electron chi connectivity index (χ0n) is 11.2. The van der Waals surface area contributed by atoms with Crippen molar-refractivity contribution in [3.63, 3.8) is 0 Å². The van der Waals surface area contributed by atoms with E-state index in [-0.39, 0.29) is 5.69 Å². The van der Waals surface area contributed by atoms with E-state index in [0.29, 0.717) is 0 Å². The smallest absolute Gasteiger partial charge is 0.305 e. The van der Waals surface area contributed by atoms with Gasteiger partial charge in [0.1, 0.15) is 0 Å². The number of nitrogens with zero attached hydrogens (tertiary/aromatic N) is 1. The van der Waals surface area contributed by atoms with E-state index in [4.69, 9.17) is 0 Å². The van der Waals surface area contributed by atoms with Crippen molar-refractivity contribution in [2.75, 3.05) is 0 Å². The van der Waals surface area contributed by atoms with Crippen molar-refractivity contribution < 1.29 is 0 Å². The molecule has 3 heteroatoms. The summed E-state index contributed by atoms with van der Waals surface area (Å²) in [5.74, 6) is 0. The molecule has 0 aliphatic rings. The van der Waals surface area contributed by atoms with Crippen LogP contribution in [-0.4, -0.2) is 9.97 Å². The molecule has 1 N–H and O–H groups in total. The number of hydrogen-bond donors (Lipinski definition) is 1. The first kappa shape index (κ1) is 11.9. The van der Waals surface area contributed by atoms with Gasteiger partial charge in [-0.3, -0.25) is 0 Å². The minimum atomic E-state index is -0.328. The van der Waals surface area contributed by atoms with Gasteiger partial charge in [-0.25, -0.2) is 9.78 Å². The zero-order valence-corrected chi connectivity index (χ0v) is 11.2. The lowest BCUT2D eigenvalue weighted by Crippen LogP contribution is -2.09. The quantitative estimate of drug-likeness (QED) is 0.536. The fourth-order valence-corrected chi connectivity index (χ4v) is 2.73. The Morgan fingerprint density at radius 2 is 1.57 bits per heavy atom. The molecule has 0 fully saturated rings. The predicted molar refractivity (Wildman–Crippen MR) is 85.3 cm³/mol. The van der Waals surface area contributed by atoms with Crippen LogP contribution in [0, 0.1) is 0 Å². The monoisotopic (exact) mass is 272 g/mol. The summed E-state index contributed by atoms with van der Waals surface area (Å²) in [5, 5.41) is 4.68. The highest BCUT2D eigenvalue weighted by molar-refractivity contribution is 6.04. The molecule has 0 unspecified atom stereocenters. The average molecular weight is 272 g/mol. The molecule has 3 nitrogen and oxygen atoms in total. The van der Waals surface area contributed by atoms with E-state index in [1.54, 1.807) is 0 Å². The Labute approximate surface area is 120 Å². The maximum atomic E-state index is 11.4. The standard InChI is InChI=1S/C18H12N2O/c21-18-19-9-8-17(20-18)15-7-3-6-14-10-12-4-1-2-5-13(12)11-16(14)15/h1-11H,(H,19,20,21). The lowest BCUT2D eigenvalue weighted by molar-refractivity contribution is 1.08. The summed E-state index contributed by atoms with van der Waals surface area (Å²) in [6, 6.07) is 20.6. The SMILES string of the molecule is O=c1nccc(-c2cccc3cc4ccccc4cc23)[nH]1. The third-order valence-corrected chi connectivity index (χ3v) is 3.71. The molecule has 0 bridgehead atoms. The van der Waals surface area contributed by atoms with Crippen LogP contribution in [0.2, 0.25) is 0 Å². The molecule has 0 aliphatic heterocycles. The van der Waals surface area contributed by atoms with E-state index in [0.717, 1.165) is 22.0 Å². The molecule has 0 saturated heterocycles. The van der Waals surface area contributed by atoms with Crippen molar-refractivity contribution in [3.8, 4) is 11.3 Å². The Morgan fingerprint density at radius 1 is 0.810 bits per heavy atom. The lowest BCUT2D eigenvalue weighted by atomic mass is 9.98. The van der Waals surface area contributed by atoms with E-state index >= 15 is 0 Å². The van der Waals surface area contributed by atoms with Crippen LogP contribution in [0.1, 0.15) is 0 Å². The number of aromatic amines is 1. The van der Waals surface area contributed by atoms with Gasteiger partial charge >= 0.3 is 5.69 Å². The van der Waals surface area contributed by atoms with Gasteiger partial charge in [0.15, 0.2) is 0 Å². The number of aromatic nitrogens is 2. The highest BCUT2D eigenvalue weighted by atomic mass is 16.1. The van der Waals surface area contributed by atoms with Gasteiger partial charge < -0.3 is 4.98 Å². The third kappa shape index (κ3) is 1.99. The summed E-state index contributed by atoms with van der Waals surface area (Å²) < 4.78 is 0. The first-order valence-electron chi connectivity index (χ1n) is 6.78. The van der Waals surface area contributed by atoms with E-state index < -0.39 is 0 Å². The topological polar surface area (TPSA) is 45.8 Å². The maximum Gasteiger partial charge on any atom is 0.345 e. The molecular formula is C18H12N2O. The molecule has 0 radical (unpaired) electrons. The van der Waals surface area contributed by atoms with Crippen molar-refractivity contribution in [2.45, 2.75) is 0 Å². The van der Waals surface area contributed by atoms with Crippen molar-refractivity contribution in [1.82, 2.24) is 9.97 Å². The second kappa shape index (κ2) is 4.56. The molecule has 1 heterocycles. The molecule has 0 aliphatic carbocycles. The van der Waals surface area contributed by atoms with Gasteiger partial charge in [0.05, 0.1) is 5.69 Å². The van der Waals surface area contributed by atoms with Gasteiger partial charge in [-0.05, 0) is 39.7 Å². The van der Waals surface area contributed by atoms with E-state index in [1.807, 2.05) is 30.3 Å².